The highest BCUT2D eigenvalue weighted by molar-refractivity contribution is 6.12. The molecule has 0 aromatic heterocycles. The Labute approximate surface area is 141 Å². The zero-order chi connectivity index (χ0) is 16.5. The molecule has 4 rings (SSSR count). The lowest BCUT2D eigenvalue weighted by Gasteiger charge is -2.10. The topological polar surface area (TPSA) is 40.5 Å². The second kappa shape index (κ2) is 6.23. The normalized spacial score (nSPS) is 11.6. The smallest absolute Gasteiger partial charge is 0.0471 e. The van der Waals surface area contributed by atoms with E-state index in [0.717, 1.165) is 5.56 Å². The summed E-state index contributed by atoms with van der Waals surface area (Å²) in [5.74, 6) is 0. The molecule has 24 heavy (non-hydrogen) atoms. The quantitative estimate of drug-likeness (QED) is 0.437. The number of aliphatic hydroxyl groups is 2. The summed E-state index contributed by atoms with van der Waals surface area (Å²) < 4.78 is 0. The van der Waals surface area contributed by atoms with Gasteiger partial charge < -0.3 is 10.2 Å². The molecule has 4 aromatic rings. The van der Waals surface area contributed by atoms with E-state index in [0.29, 0.717) is 12.8 Å². The van der Waals surface area contributed by atoms with Gasteiger partial charge in [0.1, 0.15) is 0 Å². The van der Waals surface area contributed by atoms with Crippen molar-refractivity contribution in [2.24, 2.45) is 0 Å². The Bertz CT molecular complexity index is 1030. The molecule has 2 N–H and O–H groups in total. The molecule has 0 heterocycles. The Morgan fingerprint density at radius 2 is 1.25 bits per heavy atom. The average molecular weight is 316 g/mol. The highest BCUT2D eigenvalue weighted by Crippen LogP contribution is 2.31. The zero-order valence-electron chi connectivity index (χ0n) is 13.5. The Morgan fingerprint density at radius 3 is 2.08 bits per heavy atom. The maximum absolute atomic E-state index is 9.29. The Morgan fingerprint density at radius 1 is 0.583 bits per heavy atom. The molecule has 0 atom stereocenters. The number of aliphatic hydroxyl groups excluding tert-OH is 2. The van der Waals surface area contributed by atoms with Crippen LogP contribution in [-0.4, -0.2) is 23.4 Å². The summed E-state index contributed by atoms with van der Waals surface area (Å²) in [6.45, 7) is 0.336. The van der Waals surface area contributed by atoms with Crippen molar-refractivity contribution in [3.63, 3.8) is 0 Å². The minimum absolute atomic E-state index is 0.166. The molecule has 2 nitrogen and oxygen atoms in total. The lowest BCUT2D eigenvalue weighted by molar-refractivity contribution is 0.299. The summed E-state index contributed by atoms with van der Waals surface area (Å²) in [5.41, 5.74) is 2.35. The summed E-state index contributed by atoms with van der Waals surface area (Å²) >= 11 is 0. The number of rotatable bonds is 4. The summed E-state index contributed by atoms with van der Waals surface area (Å²) in [6.07, 6.45) is 1.36. The predicted octanol–water partition coefficient (Wildman–Crippen LogP) is 4.22. The monoisotopic (exact) mass is 316 g/mol. The van der Waals surface area contributed by atoms with Crippen molar-refractivity contribution in [2.45, 2.75) is 12.8 Å². The van der Waals surface area contributed by atoms with E-state index in [1.165, 1.54) is 37.9 Å². The van der Waals surface area contributed by atoms with Crippen molar-refractivity contribution >= 4 is 32.3 Å². The van der Waals surface area contributed by atoms with E-state index in [1.807, 2.05) is 0 Å². The van der Waals surface area contributed by atoms with Crippen LogP contribution in [0.4, 0.5) is 0 Å². The van der Waals surface area contributed by atoms with Crippen LogP contribution in [0.25, 0.3) is 32.3 Å². The summed E-state index contributed by atoms with van der Waals surface area (Å²) in [6, 6.07) is 21.5. The maximum Gasteiger partial charge on any atom is 0.0471 e. The first kappa shape index (κ1) is 15.1. The molecular formula is C22H20O2. The molecule has 4 aromatic carbocycles. The molecule has 120 valence electrons. The summed E-state index contributed by atoms with van der Waals surface area (Å²) in [7, 11) is 0. The first-order valence-corrected chi connectivity index (χ1v) is 8.39. The molecule has 0 saturated heterocycles. The van der Waals surface area contributed by atoms with Crippen molar-refractivity contribution in [1.29, 1.82) is 0 Å². The van der Waals surface area contributed by atoms with E-state index in [-0.39, 0.29) is 13.2 Å². The molecule has 0 saturated carbocycles. The van der Waals surface area contributed by atoms with Gasteiger partial charge in [-0.15, -0.1) is 0 Å². The van der Waals surface area contributed by atoms with Crippen molar-refractivity contribution in [3.8, 4) is 0 Å². The maximum atomic E-state index is 9.29. The number of benzene rings is 4. The van der Waals surface area contributed by atoms with Gasteiger partial charge in [0.05, 0.1) is 0 Å². The van der Waals surface area contributed by atoms with Gasteiger partial charge in [-0.2, -0.15) is 0 Å². The lowest BCUT2D eigenvalue weighted by Crippen LogP contribution is -1.92. The van der Waals surface area contributed by atoms with Gasteiger partial charge in [-0.25, -0.2) is 0 Å². The highest BCUT2D eigenvalue weighted by atomic mass is 16.3. The standard InChI is InChI=1S/C22H20O2/c23-10-8-15-4-5-17-6-7-19-13-20-16(9-11-24)2-1-3-18(20)14-22(19)21(17)12-15/h1-7,12-14,23-24H,8-11H2. The van der Waals surface area contributed by atoms with Gasteiger partial charge in [0.2, 0.25) is 0 Å². The van der Waals surface area contributed by atoms with Crippen LogP contribution in [0, 0.1) is 0 Å². The highest BCUT2D eigenvalue weighted by Gasteiger charge is 2.06. The molecule has 0 unspecified atom stereocenters. The van der Waals surface area contributed by atoms with Gasteiger partial charge >= 0.3 is 0 Å². The van der Waals surface area contributed by atoms with Crippen LogP contribution >= 0.6 is 0 Å². The van der Waals surface area contributed by atoms with Crippen molar-refractivity contribution in [1.82, 2.24) is 0 Å². The average Bonchev–Trinajstić information content (AvgIpc) is 2.61. The van der Waals surface area contributed by atoms with Gasteiger partial charge in [-0.3, -0.25) is 0 Å². The lowest BCUT2D eigenvalue weighted by atomic mass is 9.94. The summed E-state index contributed by atoms with van der Waals surface area (Å²) in [5, 5.41) is 25.8. The van der Waals surface area contributed by atoms with E-state index >= 15 is 0 Å². The largest absolute Gasteiger partial charge is 0.396 e. The van der Waals surface area contributed by atoms with Crippen LogP contribution in [0.3, 0.4) is 0 Å². The minimum atomic E-state index is 0.166. The number of hydrogen-bond donors (Lipinski definition) is 2. The molecule has 0 amide bonds. The van der Waals surface area contributed by atoms with Gasteiger partial charge in [-0.1, -0.05) is 48.5 Å². The van der Waals surface area contributed by atoms with Crippen LogP contribution in [-0.2, 0) is 12.8 Å². The number of fused-ring (bicyclic) bond motifs is 4. The van der Waals surface area contributed by atoms with E-state index < -0.39 is 0 Å². The minimum Gasteiger partial charge on any atom is -0.396 e. The SMILES string of the molecule is OCCc1ccc2ccc3cc4c(CCO)cccc4cc3c2c1. The fourth-order valence-corrected chi connectivity index (χ4v) is 3.56. The van der Waals surface area contributed by atoms with Crippen molar-refractivity contribution in [2.75, 3.05) is 13.2 Å². The second-order valence-electron chi connectivity index (χ2n) is 6.28. The number of hydrogen-bond acceptors (Lipinski definition) is 2. The van der Waals surface area contributed by atoms with E-state index in [1.54, 1.807) is 0 Å². The van der Waals surface area contributed by atoms with Crippen LogP contribution in [0.5, 0.6) is 0 Å². The van der Waals surface area contributed by atoms with Crippen molar-refractivity contribution in [3.05, 3.63) is 71.8 Å². The summed E-state index contributed by atoms with van der Waals surface area (Å²) in [4.78, 5) is 0. The molecule has 0 aliphatic rings. The van der Waals surface area contributed by atoms with Crippen LogP contribution in [0.1, 0.15) is 11.1 Å². The second-order valence-corrected chi connectivity index (χ2v) is 6.28. The molecular weight excluding hydrogens is 296 g/mol. The molecule has 0 fully saturated rings. The van der Waals surface area contributed by atoms with Crippen molar-refractivity contribution < 1.29 is 10.2 Å². The first-order valence-electron chi connectivity index (χ1n) is 8.39. The van der Waals surface area contributed by atoms with Crippen LogP contribution in [0.15, 0.2) is 60.7 Å². The fourth-order valence-electron chi connectivity index (χ4n) is 3.56. The molecule has 0 radical (unpaired) electrons. The molecule has 2 heteroatoms. The van der Waals surface area contributed by atoms with E-state index in [2.05, 4.69) is 60.7 Å². The van der Waals surface area contributed by atoms with E-state index in [9.17, 15) is 10.2 Å². The first-order chi connectivity index (χ1) is 11.8. The Kier molecular flexibility index (Phi) is 3.93. The van der Waals surface area contributed by atoms with Gasteiger partial charge in [-0.05, 0) is 68.4 Å². The van der Waals surface area contributed by atoms with Gasteiger partial charge in [0, 0.05) is 13.2 Å². The predicted molar refractivity (Wildman–Crippen MR) is 101 cm³/mol. The van der Waals surface area contributed by atoms with Gasteiger partial charge in [0.25, 0.3) is 0 Å². The third kappa shape index (κ3) is 2.54. The third-order valence-electron chi connectivity index (χ3n) is 4.77. The van der Waals surface area contributed by atoms with Crippen LogP contribution in [0.2, 0.25) is 0 Å². The molecule has 0 aliphatic carbocycles. The van der Waals surface area contributed by atoms with E-state index in [4.69, 9.17) is 0 Å². The zero-order valence-corrected chi connectivity index (χ0v) is 13.5. The molecule has 0 aliphatic heterocycles. The van der Waals surface area contributed by atoms with Gasteiger partial charge in [0.15, 0.2) is 0 Å². The fraction of sp³-hybridized carbons (Fsp3) is 0.182. The third-order valence-corrected chi connectivity index (χ3v) is 4.77. The molecule has 0 spiro atoms. The Balaban J connectivity index is 2.03. The molecule has 0 bridgehead atoms. The van der Waals surface area contributed by atoms with Crippen LogP contribution < -0.4 is 0 Å². The Hall–Kier alpha value is -2.42.